The summed E-state index contributed by atoms with van der Waals surface area (Å²) in [7, 11) is 0. The fourth-order valence-corrected chi connectivity index (χ4v) is 3.06. The van der Waals surface area contributed by atoms with Gasteiger partial charge in [0.15, 0.2) is 0 Å². The second kappa shape index (κ2) is 7.69. The quantitative estimate of drug-likeness (QED) is 0.656. The highest BCUT2D eigenvalue weighted by Gasteiger charge is 2.09. The third kappa shape index (κ3) is 4.63. The van der Waals surface area contributed by atoms with Crippen LogP contribution in [0.1, 0.15) is 64.3 Å². The lowest BCUT2D eigenvalue weighted by molar-refractivity contribution is 0.551. The van der Waals surface area contributed by atoms with Crippen molar-refractivity contribution in [3.63, 3.8) is 0 Å². The van der Waals surface area contributed by atoms with E-state index in [0.717, 1.165) is 23.2 Å². The maximum Gasteiger partial charge on any atom is 0.144 e. The molecule has 0 saturated carbocycles. The lowest BCUT2D eigenvalue weighted by atomic mass is 9.97. The largest absolute Gasteiger partial charge is 0.219 e. The molecule has 0 fully saturated rings. The van der Waals surface area contributed by atoms with Crippen LogP contribution in [0.4, 0.5) is 0 Å². The standard InChI is InChI=1S/C18H26N2S/c1-5-14(4)15-9-7-10-16(12-15)18-19-17(20-21-18)11-6-8-13(2)3/h7,9-10,12-14H,5-6,8,11H2,1-4H3. The number of hydrogen-bond donors (Lipinski definition) is 0. The molecular formula is C18H26N2S. The van der Waals surface area contributed by atoms with E-state index in [9.17, 15) is 0 Å². The highest BCUT2D eigenvalue weighted by molar-refractivity contribution is 7.09. The van der Waals surface area contributed by atoms with Crippen LogP contribution in [0.25, 0.3) is 10.6 Å². The molecule has 0 bridgehead atoms. The second-order valence-corrected chi connectivity index (χ2v) is 6.99. The van der Waals surface area contributed by atoms with Gasteiger partial charge in [0.1, 0.15) is 10.8 Å². The zero-order chi connectivity index (χ0) is 15.2. The average Bonchev–Trinajstić information content (AvgIpc) is 2.95. The molecule has 1 aromatic heterocycles. The lowest BCUT2D eigenvalue weighted by Crippen LogP contribution is -1.93. The first-order valence-corrected chi connectivity index (χ1v) is 8.80. The summed E-state index contributed by atoms with van der Waals surface area (Å²) in [5.41, 5.74) is 2.60. The van der Waals surface area contributed by atoms with E-state index < -0.39 is 0 Å². The normalized spacial score (nSPS) is 12.8. The maximum atomic E-state index is 4.71. The Morgan fingerprint density at radius 3 is 2.71 bits per heavy atom. The summed E-state index contributed by atoms with van der Waals surface area (Å²) in [6, 6.07) is 8.76. The molecular weight excluding hydrogens is 276 g/mol. The Bertz CT molecular complexity index is 560. The number of aryl methyl sites for hydroxylation is 1. The Hall–Kier alpha value is -1.22. The first-order valence-electron chi connectivity index (χ1n) is 8.03. The third-order valence-electron chi connectivity index (χ3n) is 3.96. The molecule has 2 aromatic rings. The predicted molar refractivity (Wildman–Crippen MR) is 91.8 cm³/mol. The molecule has 2 nitrogen and oxygen atoms in total. The Labute approximate surface area is 132 Å². The van der Waals surface area contributed by atoms with E-state index in [1.54, 1.807) is 0 Å². The molecule has 1 heterocycles. The molecule has 0 spiro atoms. The highest BCUT2D eigenvalue weighted by Crippen LogP contribution is 2.27. The van der Waals surface area contributed by atoms with Crippen molar-refractivity contribution >= 4 is 11.5 Å². The van der Waals surface area contributed by atoms with E-state index in [0.29, 0.717) is 5.92 Å². The summed E-state index contributed by atoms with van der Waals surface area (Å²) >= 11 is 1.53. The molecule has 1 unspecified atom stereocenters. The number of rotatable bonds is 7. The summed E-state index contributed by atoms with van der Waals surface area (Å²) in [4.78, 5) is 4.71. The first kappa shape index (κ1) is 16.2. The summed E-state index contributed by atoms with van der Waals surface area (Å²) in [6.45, 7) is 9.03. The van der Waals surface area contributed by atoms with Gasteiger partial charge in [-0.2, -0.15) is 4.37 Å². The molecule has 21 heavy (non-hydrogen) atoms. The molecule has 0 aliphatic carbocycles. The van der Waals surface area contributed by atoms with Gasteiger partial charge >= 0.3 is 0 Å². The molecule has 0 aliphatic heterocycles. The first-order chi connectivity index (χ1) is 10.1. The van der Waals surface area contributed by atoms with Crippen molar-refractivity contribution in [3.05, 3.63) is 35.7 Å². The van der Waals surface area contributed by atoms with Crippen LogP contribution in [0.5, 0.6) is 0 Å². The van der Waals surface area contributed by atoms with Crippen molar-refractivity contribution in [1.82, 2.24) is 9.36 Å². The van der Waals surface area contributed by atoms with Crippen LogP contribution >= 0.6 is 11.5 Å². The topological polar surface area (TPSA) is 25.8 Å². The van der Waals surface area contributed by atoms with Crippen LogP contribution in [-0.2, 0) is 6.42 Å². The van der Waals surface area contributed by atoms with E-state index in [-0.39, 0.29) is 0 Å². The van der Waals surface area contributed by atoms with Gasteiger partial charge in [-0.05, 0) is 47.8 Å². The molecule has 0 amide bonds. The van der Waals surface area contributed by atoms with Gasteiger partial charge < -0.3 is 0 Å². The van der Waals surface area contributed by atoms with Crippen molar-refractivity contribution in [2.45, 2.75) is 59.3 Å². The molecule has 3 heteroatoms. The van der Waals surface area contributed by atoms with Crippen LogP contribution in [0.3, 0.4) is 0 Å². The minimum Gasteiger partial charge on any atom is -0.219 e. The lowest BCUT2D eigenvalue weighted by Gasteiger charge is -2.09. The van der Waals surface area contributed by atoms with Gasteiger partial charge in [-0.25, -0.2) is 4.98 Å². The van der Waals surface area contributed by atoms with Crippen molar-refractivity contribution in [2.75, 3.05) is 0 Å². The van der Waals surface area contributed by atoms with Gasteiger partial charge in [0.05, 0.1) is 0 Å². The summed E-state index contributed by atoms with van der Waals surface area (Å²) in [5.74, 6) is 2.36. The van der Waals surface area contributed by atoms with Crippen LogP contribution in [0.2, 0.25) is 0 Å². The molecule has 0 N–H and O–H groups in total. The Morgan fingerprint density at radius 2 is 2.00 bits per heavy atom. The summed E-state index contributed by atoms with van der Waals surface area (Å²) in [5, 5.41) is 1.06. The molecule has 0 aliphatic rings. The number of aromatic nitrogens is 2. The zero-order valence-electron chi connectivity index (χ0n) is 13.6. The zero-order valence-corrected chi connectivity index (χ0v) is 14.4. The number of hydrogen-bond acceptors (Lipinski definition) is 3. The molecule has 1 aromatic carbocycles. The Balaban J connectivity index is 2.07. The minimum atomic E-state index is 0.600. The molecule has 1 atom stereocenters. The van der Waals surface area contributed by atoms with E-state index in [2.05, 4.69) is 56.3 Å². The van der Waals surface area contributed by atoms with Crippen LogP contribution < -0.4 is 0 Å². The van der Waals surface area contributed by atoms with Crippen LogP contribution in [0, 0.1) is 5.92 Å². The fraction of sp³-hybridized carbons (Fsp3) is 0.556. The number of nitrogens with zero attached hydrogens (tertiary/aromatic N) is 2. The van der Waals surface area contributed by atoms with Gasteiger partial charge in [-0.3, -0.25) is 0 Å². The fourth-order valence-electron chi connectivity index (χ4n) is 2.36. The third-order valence-corrected chi connectivity index (χ3v) is 4.77. The Kier molecular flexibility index (Phi) is 5.92. The highest BCUT2D eigenvalue weighted by atomic mass is 32.1. The van der Waals surface area contributed by atoms with Gasteiger partial charge in [0, 0.05) is 12.0 Å². The van der Waals surface area contributed by atoms with Crippen molar-refractivity contribution < 1.29 is 0 Å². The van der Waals surface area contributed by atoms with E-state index in [4.69, 9.17) is 4.98 Å². The van der Waals surface area contributed by atoms with Gasteiger partial charge in [-0.1, -0.05) is 52.3 Å². The number of benzene rings is 1. The smallest absolute Gasteiger partial charge is 0.144 e. The predicted octanol–water partition coefficient (Wildman–Crippen LogP) is 5.70. The van der Waals surface area contributed by atoms with Crippen molar-refractivity contribution in [3.8, 4) is 10.6 Å². The maximum absolute atomic E-state index is 4.71. The molecule has 114 valence electrons. The second-order valence-electron chi connectivity index (χ2n) is 6.24. The van der Waals surface area contributed by atoms with Crippen LogP contribution in [0.15, 0.2) is 24.3 Å². The van der Waals surface area contributed by atoms with E-state index in [1.165, 1.54) is 41.9 Å². The van der Waals surface area contributed by atoms with Crippen molar-refractivity contribution in [1.29, 1.82) is 0 Å². The average molecular weight is 302 g/mol. The van der Waals surface area contributed by atoms with Gasteiger partial charge in [0.25, 0.3) is 0 Å². The van der Waals surface area contributed by atoms with E-state index >= 15 is 0 Å². The Morgan fingerprint density at radius 1 is 1.19 bits per heavy atom. The van der Waals surface area contributed by atoms with Crippen molar-refractivity contribution in [2.24, 2.45) is 5.92 Å². The van der Waals surface area contributed by atoms with Gasteiger partial charge in [-0.15, -0.1) is 0 Å². The summed E-state index contributed by atoms with van der Waals surface area (Å²) in [6.07, 6.45) is 4.60. The minimum absolute atomic E-state index is 0.600. The van der Waals surface area contributed by atoms with Crippen LogP contribution in [-0.4, -0.2) is 9.36 Å². The SMILES string of the molecule is CCC(C)c1cccc(-c2nc(CCCC(C)C)ns2)c1. The van der Waals surface area contributed by atoms with E-state index in [1.807, 2.05) is 0 Å². The molecule has 0 saturated heterocycles. The summed E-state index contributed by atoms with van der Waals surface area (Å²) < 4.78 is 4.51. The molecule has 0 radical (unpaired) electrons. The monoisotopic (exact) mass is 302 g/mol. The van der Waals surface area contributed by atoms with Gasteiger partial charge in [0.2, 0.25) is 0 Å². The molecule has 2 rings (SSSR count).